The first-order chi connectivity index (χ1) is 14.6. The minimum absolute atomic E-state index is 0.165. The molecule has 0 saturated heterocycles. The minimum atomic E-state index is -0.452. The van der Waals surface area contributed by atoms with E-state index in [-0.39, 0.29) is 5.91 Å². The fourth-order valence-electron chi connectivity index (χ4n) is 2.97. The largest absolute Gasteiger partial charge is 0.373 e. The number of amides is 1. The summed E-state index contributed by atoms with van der Waals surface area (Å²) >= 11 is 0. The summed E-state index contributed by atoms with van der Waals surface area (Å²) in [6, 6.07) is 12.7. The van der Waals surface area contributed by atoms with Gasteiger partial charge in [0.05, 0.1) is 40.9 Å². The topological polar surface area (TPSA) is 97.6 Å². The minimum Gasteiger partial charge on any atom is -0.373 e. The molecule has 0 aliphatic heterocycles. The maximum Gasteiger partial charge on any atom is 0.246 e. The average molecular weight is 399 g/mol. The van der Waals surface area contributed by atoms with E-state index < -0.39 is 6.04 Å². The van der Waals surface area contributed by atoms with Crippen molar-refractivity contribution < 1.29 is 4.79 Å². The maximum absolute atomic E-state index is 12.5. The predicted molar refractivity (Wildman–Crippen MR) is 116 cm³/mol. The summed E-state index contributed by atoms with van der Waals surface area (Å²) in [5.41, 5.74) is 4.85. The summed E-state index contributed by atoms with van der Waals surface area (Å²) in [6.45, 7) is 1.79. The van der Waals surface area contributed by atoms with Crippen molar-refractivity contribution in [1.29, 1.82) is 0 Å². The molecule has 0 bridgehead atoms. The van der Waals surface area contributed by atoms with Gasteiger partial charge in [-0.1, -0.05) is 0 Å². The monoisotopic (exact) mass is 399 g/mol. The Balaban J connectivity index is 1.36. The summed E-state index contributed by atoms with van der Waals surface area (Å²) in [6.07, 6.45) is 8.54. The zero-order valence-corrected chi connectivity index (χ0v) is 16.6. The summed E-state index contributed by atoms with van der Waals surface area (Å²) in [5, 5.41) is 10.2. The highest BCUT2D eigenvalue weighted by molar-refractivity contribution is 5.96. The van der Waals surface area contributed by atoms with Crippen LogP contribution in [0.25, 0.3) is 22.6 Å². The van der Waals surface area contributed by atoms with Crippen molar-refractivity contribution >= 4 is 17.3 Å². The number of rotatable bonds is 6. The van der Waals surface area contributed by atoms with Gasteiger partial charge in [0.2, 0.25) is 5.91 Å². The lowest BCUT2D eigenvalue weighted by Crippen LogP contribution is -2.31. The summed E-state index contributed by atoms with van der Waals surface area (Å²) in [7, 11) is 1.87. The van der Waals surface area contributed by atoms with Crippen molar-refractivity contribution in [3.05, 3.63) is 73.4 Å². The van der Waals surface area contributed by atoms with E-state index in [2.05, 4.69) is 30.7 Å². The third-order valence-corrected chi connectivity index (χ3v) is 4.61. The van der Waals surface area contributed by atoms with Crippen molar-refractivity contribution in [2.75, 3.05) is 10.6 Å². The highest BCUT2D eigenvalue weighted by Crippen LogP contribution is 2.19. The number of nitrogens with one attached hydrogen (secondary N) is 2. The summed E-state index contributed by atoms with van der Waals surface area (Å²) in [4.78, 5) is 25.5. The van der Waals surface area contributed by atoms with Crippen LogP contribution in [0.5, 0.6) is 0 Å². The van der Waals surface area contributed by atoms with Crippen LogP contribution < -0.4 is 10.6 Å². The molecule has 0 spiro atoms. The molecule has 8 nitrogen and oxygen atoms in total. The van der Waals surface area contributed by atoms with E-state index in [4.69, 9.17) is 0 Å². The Bertz CT molecular complexity index is 1120. The maximum atomic E-state index is 12.5. The number of aromatic nitrogens is 5. The standard InChI is InChI=1S/C22H21N7O/c1-15(27-17-6-8-20(25-13-17)21-9-11-26-29(21)2)22(30)28-18-5-7-19(24-14-18)16-4-3-10-23-12-16/h3-15,27H,1-2H3,(H,28,30)/t15-/m0/s1. The number of nitrogens with zero attached hydrogens (tertiary/aromatic N) is 5. The van der Waals surface area contributed by atoms with E-state index in [9.17, 15) is 4.79 Å². The van der Waals surface area contributed by atoms with E-state index in [0.717, 1.165) is 28.3 Å². The van der Waals surface area contributed by atoms with Crippen molar-refractivity contribution in [2.24, 2.45) is 7.05 Å². The third kappa shape index (κ3) is 4.33. The molecule has 8 heteroatoms. The Morgan fingerprint density at radius 1 is 0.933 bits per heavy atom. The summed E-state index contributed by atoms with van der Waals surface area (Å²) < 4.78 is 1.76. The van der Waals surface area contributed by atoms with Gasteiger partial charge in [0.15, 0.2) is 0 Å². The number of anilines is 2. The number of hydrogen-bond acceptors (Lipinski definition) is 6. The lowest BCUT2D eigenvalue weighted by Gasteiger charge is -2.15. The second-order valence-electron chi connectivity index (χ2n) is 6.80. The fraction of sp³-hybridized carbons (Fsp3) is 0.136. The third-order valence-electron chi connectivity index (χ3n) is 4.61. The first-order valence-corrected chi connectivity index (χ1v) is 9.48. The molecule has 150 valence electrons. The molecule has 4 aromatic heterocycles. The van der Waals surface area contributed by atoms with Gasteiger partial charge < -0.3 is 10.6 Å². The second kappa shape index (κ2) is 8.52. The van der Waals surface area contributed by atoms with Gasteiger partial charge in [-0.15, -0.1) is 0 Å². The van der Waals surface area contributed by atoms with Crippen LogP contribution in [-0.4, -0.2) is 36.7 Å². The van der Waals surface area contributed by atoms with E-state index in [1.807, 2.05) is 49.5 Å². The molecule has 4 aromatic rings. The van der Waals surface area contributed by atoms with Gasteiger partial charge in [0.25, 0.3) is 0 Å². The number of carbonyl (C=O) groups is 1. The van der Waals surface area contributed by atoms with Gasteiger partial charge in [-0.05, 0) is 49.4 Å². The molecule has 0 radical (unpaired) electrons. The van der Waals surface area contributed by atoms with E-state index in [0.29, 0.717) is 5.69 Å². The van der Waals surface area contributed by atoms with Gasteiger partial charge in [-0.25, -0.2) is 0 Å². The van der Waals surface area contributed by atoms with Crippen molar-refractivity contribution in [2.45, 2.75) is 13.0 Å². The number of hydrogen-bond donors (Lipinski definition) is 2. The predicted octanol–water partition coefficient (Wildman–Crippen LogP) is 3.38. The Labute approximate surface area is 174 Å². The molecular formula is C22H21N7O. The van der Waals surface area contributed by atoms with Crippen LogP contribution in [-0.2, 0) is 11.8 Å². The van der Waals surface area contributed by atoms with Crippen LogP contribution in [0.15, 0.2) is 73.4 Å². The van der Waals surface area contributed by atoms with Crippen molar-refractivity contribution in [3.63, 3.8) is 0 Å². The first kappa shape index (κ1) is 19.3. The van der Waals surface area contributed by atoms with Crippen LogP contribution in [0.1, 0.15) is 6.92 Å². The Kier molecular flexibility index (Phi) is 5.47. The Hall–Kier alpha value is -4.07. The first-order valence-electron chi connectivity index (χ1n) is 9.48. The van der Waals surface area contributed by atoms with Crippen molar-refractivity contribution in [1.82, 2.24) is 24.7 Å². The quantitative estimate of drug-likeness (QED) is 0.516. The van der Waals surface area contributed by atoms with Crippen LogP contribution >= 0.6 is 0 Å². The van der Waals surface area contributed by atoms with Gasteiger partial charge in [-0.3, -0.25) is 24.4 Å². The number of pyridine rings is 3. The molecule has 4 rings (SSSR count). The highest BCUT2D eigenvalue weighted by atomic mass is 16.2. The molecule has 0 fully saturated rings. The van der Waals surface area contributed by atoms with Gasteiger partial charge in [0, 0.05) is 31.2 Å². The van der Waals surface area contributed by atoms with E-state index >= 15 is 0 Å². The van der Waals surface area contributed by atoms with Gasteiger partial charge >= 0.3 is 0 Å². The van der Waals surface area contributed by atoms with Crippen molar-refractivity contribution in [3.8, 4) is 22.6 Å². The zero-order valence-electron chi connectivity index (χ0n) is 16.6. The molecule has 0 saturated carbocycles. The highest BCUT2D eigenvalue weighted by Gasteiger charge is 2.14. The molecule has 0 aliphatic carbocycles. The van der Waals surface area contributed by atoms with Gasteiger partial charge in [-0.2, -0.15) is 5.10 Å². The number of aryl methyl sites for hydroxylation is 1. The Morgan fingerprint density at radius 3 is 2.33 bits per heavy atom. The molecule has 0 aliphatic rings. The Morgan fingerprint density at radius 2 is 1.70 bits per heavy atom. The molecule has 30 heavy (non-hydrogen) atoms. The molecule has 2 N–H and O–H groups in total. The van der Waals surface area contributed by atoms with E-state index in [1.54, 1.807) is 42.6 Å². The molecule has 1 atom stereocenters. The average Bonchev–Trinajstić information content (AvgIpc) is 3.21. The molecule has 4 heterocycles. The normalized spacial score (nSPS) is 11.7. The van der Waals surface area contributed by atoms with Crippen LogP contribution in [0.3, 0.4) is 0 Å². The van der Waals surface area contributed by atoms with Crippen LogP contribution in [0.2, 0.25) is 0 Å². The van der Waals surface area contributed by atoms with Crippen LogP contribution in [0, 0.1) is 0 Å². The molecule has 0 unspecified atom stereocenters. The van der Waals surface area contributed by atoms with Gasteiger partial charge in [0.1, 0.15) is 6.04 Å². The summed E-state index contributed by atoms with van der Waals surface area (Å²) in [5.74, 6) is -0.165. The second-order valence-corrected chi connectivity index (χ2v) is 6.80. The molecule has 0 aromatic carbocycles. The fourth-order valence-corrected chi connectivity index (χ4v) is 2.97. The lowest BCUT2D eigenvalue weighted by molar-refractivity contribution is -0.116. The molecule has 1 amide bonds. The number of carbonyl (C=O) groups excluding carboxylic acids is 1. The lowest BCUT2D eigenvalue weighted by atomic mass is 10.2. The van der Waals surface area contributed by atoms with Crippen LogP contribution in [0.4, 0.5) is 11.4 Å². The zero-order chi connectivity index (χ0) is 20.9. The van der Waals surface area contributed by atoms with E-state index in [1.165, 1.54) is 0 Å². The molecular weight excluding hydrogens is 378 g/mol. The smallest absolute Gasteiger partial charge is 0.246 e. The SMILES string of the molecule is C[C@H](Nc1ccc(-c2ccnn2C)nc1)C(=O)Nc1ccc(-c2cccnc2)nc1.